The van der Waals surface area contributed by atoms with Crippen molar-refractivity contribution in [3.63, 3.8) is 0 Å². The zero-order valence-electron chi connectivity index (χ0n) is 23.6. The Morgan fingerprint density at radius 1 is 0.773 bits per heavy atom. The fourth-order valence-corrected chi connectivity index (χ4v) is 6.44. The first-order chi connectivity index (χ1) is 21.3. The average molecular weight is 745 g/mol. The Kier molecular flexibility index (Phi) is 6.19. The number of pyridine rings is 4. The van der Waals surface area contributed by atoms with E-state index in [2.05, 4.69) is 128 Å². The van der Waals surface area contributed by atoms with Crippen LogP contribution in [0.1, 0.15) is 5.56 Å². The van der Waals surface area contributed by atoms with Crippen LogP contribution in [-0.2, 0) is 20.1 Å². The molecular formula is C37H24IrN6+. The van der Waals surface area contributed by atoms with Gasteiger partial charge in [-0.15, -0.1) is 17.5 Å². The van der Waals surface area contributed by atoms with Crippen LogP contribution in [0.2, 0.25) is 0 Å². The molecule has 0 N–H and O–H groups in total. The minimum Gasteiger partial charge on any atom is -0.504 e. The number of nitrogens with zero attached hydrogens (tertiary/aromatic N) is 6. The van der Waals surface area contributed by atoms with Gasteiger partial charge in [0.1, 0.15) is 11.9 Å². The maximum absolute atomic E-state index is 4.84. The summed E-state index contributed by atoms with van der Waals surface area (Å²) in [5, 5.41) is 8.97. The maximum atomic E-state index is 4.84. The third-order valence-corrected chi connectivity index (χ3v) is 8.26. The Balaban J connectivity index is 0.000000135. The molecule has 44 heavy (non-hydrogen) atoms. The van der Waals surface area contributed by atoms with E-state index in [1.54, 1.807) is 0 Å². The van der Waals surface area contributed by atoms with E-state index < -0.39 is 0 Å². The molecule has 7 heterocycles. The first-order valence-corrected chi connectivity index (χ1v) is 14.2. The Hall–Kier alpha value is -5.10. The molecule has 0 saturated heterocycles. The smallest absolute Gasteiger partial charge is 0.504 e. The van der Waals surface area contributed by atoms with E-state index in [0.29, 0.717) is 0 Å². The van der Waals surface area contributed by atoms with Crippen LogP contribution in [0.15, 0.2) is 122 Å². The molecule has 2 aliphatic rings. The number of aromatic nitrogens is 4. The van der Waals surface area contributed by atoms with Crippen LogP contribution < -0.4 is 9.69 Å². The molecule has 0 saturated carbocycles. The summed E-state index contributed by atoms with van der Waals surface area (Å²) in [6.45, 7) is 2.06. The molecule has 0 spiro atoms. The molecule has 0 fully saturated rings. The molecule has 0 unspecified atom stereocenters. The van der Waals surface area contributed by atoms with Crippen LogP contribution in [0.4, 0.5) is 0 Å². The van der Waals surface area contributed by atoms with E-state index in [0.717, 1.165) is 49.3 Å². The molecule has 0 atom stereocenters. The summed E-state index contributed by atoms with van der Waals surface area (Å²) in [5.74, 6) is 0. The number of fused-ring (bicyclic) bond motifs is 16. The fraction of sp³-hybridized carbons (Fsp3) is 0.0270. The second-order valence-corrected chi connectivity index (χ2v) is 10.8. The number of benzene rings is 3. The average Bonchev–Trinajstić information content (AvgIpc) is 3.66. The van der Waals surface area contributed by atoms with Crippen LogP contribution in [-0.4, -0.2) is 26.3 Å². The Morgan fingerprint density at radius 3 is 2.45 bits per heavy atom. The van der Waals surface area contributed by atoms with Gasteiger partial charge in [-0.2, -0.15) is 6.07 Å². The van der Waals surface area contributed by atoms with Crippen LogP contribution in [0.5, 0.6) is 0 Å². The van der Waals surface area contributed by atoms with Gasteiger partial charge < -0.3 is 9.30 Å². The van der Waals surface area contributed by atoms with E-state index in [1.165, 1.54) is 22.2 Å². The summed E-state index contributed by atoms with van der Waals surface area (Å²) in [7, 11) is 2.04. The van der Waals surface area contributed by atoms with Gasteiger partial charge in [-0.1, -0.05) is 90.9 Å². The molecule has 3 aromatic carbocycles. The molecule has 2 aliphatic heterocycles. The molecule has 10 rings (SSSR count). The van der Waals surface area contributed by atoms with Crippen molar-refractivity contribution in [3.05, 3.63) is 146 Å². The Labute approximate surface area is 267 Å². The summed E-state index contributed by atoms with van der Waals surface area (Å²) >= 11 is 0. The number of hydrogen-bond acceptors (Lipinski definition) is 4. The van der Waals surface area contributed by atoms with E-state index in [-0.39, 0.29) is 20.1 Å². The maximum Gasteiger partial charge on any atom is 3.00 e. The zero-order chi connectivity index (χ0) is 28.5. The monoisotopic (exact) mass is 745 g/mol. The van der Waals surface area contributed by atoms with Gasteiger partial charge in [0.15, 0.2) is 0 Å². The molecular weight excluding hydrogens is 721 g/mol. The van der Waals surface area contributed by atoms with E-state index in [9.17, 15) is 0 Å². The van der Waals surface area contributed by atoms with E-state index >= 15 is 0 Å². The van der Waals surface area contributed by atoms with Crippen LogP contribution >= 0.6 is 0 Å². The van der Waals surface area contributed by atoms with Gasteiger partial charge in [-0.3, -0.25) is 15.0 Å². The van der Waals surface area contributed by atoms with Crippen molar-refractivity contribution < 1.29 is 24.8 Å². The van der Waals surface area contributed by atoms with Crippen LogP contribution in [0.3, 0.4) is 0 Å². The quantitative estimate of drug-likeness (QED) is 0.0964. The number of hydrogen-bond donors (Lipinski definition) is 0. The summed E-state index contributed by atoms with van der Waals surface area (Å²) in [6, 6.07) is 35.4. The van der Waals surface area contributed by atoms with Gasteiger partial charge in [0.25, 0.3) is 0 Å². The fourth-order valence-electron chi connectivity index (χ4n) is 6.44. The number of rotatable bonds is 0. The van der Waals surface area contributed by atoms with Gasteiger partial charge in [0.05, 0.1) is 16.9 Å². The molecule has 0 aliphatic carbocycles. The molecule has 0 bridgehead atoms. The van der Waals surface area contributed by atoms with Crippen molar-refractivity contribution in [1.82, 2.24) is 19.3 Å². The summed E-state index contributed by atoms with van der Waals surface area (Å²) in [5.41, 5.74) is 7.85. The first-order valence-electron chi connectivity index (χ1n) is 14.2. The van der Waals surface area contributed by atoms with E-state index in [4.69, 9.17) is 4.98 Å². The topological polar surface area (TPSA) is 40.5 Å². The molecule has 0 amide bonds. The molecule has 6 nitrogen and oxygen atoms in total. The van der Waals surface area contributed by atoms with E-state index in [1.807, 2.05) is 43.7 Å². The van der Waals surface area contributed by atoms with Crippen LogP contribution in [0.25, 0.3) is 66.0 Å². The van der Waals surface area contributed by atoms with Crippen molar-refractivity contribution in [2.45, 2.75) is 0 Å². The third kappa shape index (κ3) is 3.87. The second kappa shape index (κ2) is 10.3. The van der Waals surface area contributed by atoms with Crippen LogP contribution in [0, 0.1) is 19.1 Å². The van der Waals surface area contributed by atoms with Crippen molar-refractivity contribution in [1.29, 1.82) is 0 Å². The molecule has 7 heteroatoms. The zero-order valence-corrected chi connectivity index (χ0v) is 26.0. The minimum atomic E-state index is 0. The summed E-state index contributed by atoms with van der Waals surface area (Å²) < 4.78 is 4.11. The second-order valence-electron chi connectivity index (χ2n) is 10.8. The molecule has 0 radical (unpaired) electrons. The Morgan fingerprint density at radius 2 is 1.55 bits per heavy atom. The van der Waals surface area contributed by atoms with Crippen molar-refractivity contribution in [3.8, 4) is 11.3 Å². The van der Waals surface area contributed by atoms with Gasteiger partial charge in [0.2, 0.25) is 0 Å². The van der Waals surface area contributed by atoms with Gasteiger partial charge in [-0.05, 0) is 41.8 Å². The van der Waals surface area contributed by atoms with Crippen molar-refractivity contribution in [2.75, 3.05) is 12.1 Å². The first kappa shape index (κ1) is 26.5. The summed E-state index contributed by atoms with van der Waals surface area (Å²) in [4.78, 5) is 11.6. The normalized spacial score (nSPS) is 13.3. The van der Waals surface area contributed by atoms with Gasteiger partial charge in [-0.25, -0.2) is 4.68 Å². The largest absolute Gasteiger partial charge is 3.00 e. The predicted molar refractivity (Wildman–Crippen MR) is 171 cm³/mol. The Bertz CT molecular complexity index is 2430. The molecule has 210 valence electrons. The van der Waals surface area contributed by atoms with Gasteiger partial charge in [0, 0.05) is 34.3 Å². The SMILES string of the molecule is CN1C=C2c3ccccc3-c3ccc[c-][n+]3N2[CH-]1.[Ir+3].[c-]1c2ccccc2c2c3ncc4ccccc4c3c3cccnc3n12. The summed E-state index contributed by atoms with van der Waals surface area (Å²) in [6.07, 6.45) is 12.7. The van der Waals surface area contributed by atoms with Crippen molar-refractivity contribution >= 4 is 54.7 Å². The predicted octanol–water partition coefficient (Wildman–Crippen LogP) is 6.90. The van der Waals surface area contributed by atoms with Crippen molar-refractivity contribution in [2.24, 2.45) is 0 Å². The molecule has 8 aromatic rings. The molecule has 5 aromatic heterocycles. The van der Waals surface area contributed by atoms with Gasteiger partial charge >= 0.3 is 20.1 Å². The minimum absolute atomic E-state index is 0. The third-order valence-electron chi connectivity index (χ3n) is 8.26. The standard InChI is InChI=1S/C22H12N3.C15H12N3.Ir/c1-3-8-16-14(6-1)12-24-20-19(16)18-10-5-11-23-22(18)25-13-15-7-2-4-9-17(15)21(20)25;1-16-10-15-13-7-3-2-6-12(13)14-8-4-5-9-17(14)18(15)11-16;/h1-12H;2-8,10-11H,1H3;/q2*-1;+3.